The molecule has 3 amide bonds. The Morgan fingerprint density at radius 3 is 2.58 bits per heavy atom. The summed E-state index contributed by atoms with van der Waals surface area (Å²) in [5, 5.41) is 16.1. The molecule has 1 N–H and O–H groups in total. The van der Waals surface area contributed by atoms with Crippen molar-refractivity contribution in [2.75, 3.05) is 13.1 Å². The predicted molar refractivity (Wildman–Crippen MR) is 58.6 cm³/mol. The van der Waals surface area contributed by atoms with E-state index in [0.29, 0.717) is 0 Å². The van der Waals surface area contributed by atoms with E-state index in [2.05, 4.69) is 10.4 Å². The molecule has 1 saturated heterocycles. The van der Waals surface area contributed by atoms with Crippen LogP contribution in [-0.4, -0.2) is 50.4 Å². The van der Waals surface area contributed by atoms with Crippen molar-refractivity contribution in [3.05, 3.63) is 22.4 Å². The monoisotopic (exact) mass is 267 g/mol. The van der Waals surface area contributed by atoms with Gasteiger partial charge in [-0.2, -0.15) is 4.68 Å². The quantitative estimate of drug-likeness (QED) is 0.394. The average molecular weight is 267 g/mol. The van der Waals surface area contributed by atoms with Gasteiger partial charge in [-0.15, -0.1) is 0 Å². The summed E-state index contributed by atoms with van der Waals surface area (Å²) in [5.74, 6) is -2.01. The van der Waals surface area contributed by atoms with Crippen molar-refractivity contribution in [2.24, 2.45) is 0 Å². The van der Waals surface area contributed by atoms with Crippen LogP contribution in [0.4, 0.5) is 5.82 Å². The molecule has 10 heteroatoms. The van der Waals surface area contributed by atoms with E-state index in [9.17, 15) is 24.5 Å². The van der Waals surface area contributed by atoms with E-state index in [1.807, 2.05) is 0 Å². The van der Waals surface area contributed by atoms with Gasteiger partial charge >= 0.3 is 5.82 Å². The highest BCUT2D eigenvalue weighted by atomic mass is 16.6. The molecule has 2 rings (SSSR count). The van der Waals surface area contributed by atoms with Crippen LogP contribution in [0.3, 0.4) is 0 Å². The molecule has 0 saturated carbocycles. The molecule has 2 heterocycles. The molecule has 0 atom stereocenters. The maximum atomic E-state index is 11.8. The van der Waals surface area contributed by atoms with Crippen LogP contribution in [0.25, 0.3) is 0 Å². The Hall–Kier alpha value is -2.78. The van der Waals surface area contributed by atoms with Crippen molar-refractivity contribution in [1.29, 1.82) is 0 Å². The number of nitrogens with one attached hydrogen (secondary N) is 1. The Balaban J connectivity index is 2.01. The normalized spacial score (nSPS) is 15.3. The Morgan fingerprint density at radius 1 is 1.42 bits per heavy atom. The van der Waals surface area contributed by atoms with Crippen LogP contribution in [0, 0.1) is 10.1 Å². The first-order valence-corrected chi connectivity index (χ1v) is 5.24. The van der Waals surface area contributed by atoms with E-state index < -0.39 is 22.6 Å². The predicted octanol–water partition coefficient (Wildman–Crippen LogP) is -1.72. The molecule has 1 aromatic rings. The van der Waals surface area contributed by atoms with Gasteiger partial charge < -0.3 is 15.0 Å². The molecule has 0 unspecified atom stereocenters. The molecule has 0 bridgehead atoms. The summed E-state index contributed by atoms with van der Waals surface area (Å²) in [6.07, 6.45) is 1.28. The summed E-state index contributed by atoms with van der Waals surface area (Å²) in [6, 6.07) is 1.15. The maximum absolute atomic E-state index is 11.8. The number of aromatic nitrogens is 2. The molecule has 0 aromatic carbocycles. The highest BCUT2D eigenvalue weighted by Gasteiger charge is 2.27. The molecule has 1 aliphatic heterocycles. The third-order valence-electron chi connectivity index (χ3n) is 2.41. The van der Waals surface area contributed by atoms with Gasteiger partial charge in [0.15, 0.2) is 0 Å². The van der Waals surface area contributed by atoms with Gasteiger partial charge in [0.1, 0.15) is 19.6 Å². The van der Waals surface area contributed by atoms with Gasteiger partial charge in [0, 0.05) is 0 Å². The Kier molecular flexibility index (Phi) is 3.23. The molecule has 10 nitrogen and oxygen atoms in total. The Bertz CT molecular complexity index is 549. The second-order valence-electron chi connectivity index (χ2n) is 3.85. The average Bonchev–Trinajstić information content (AvgIpc) is 2.76. The zero-order valence-corrected chi connectivity index (χ0v) is 9.61. The molecular weight excluding hydrogens is 258 g/mol. The number of carbonyl (C=O) groups excluding carboxylic acids is 3. The van der Waals surface area contributed by atoms with Crippen LogP contribution in [0.15, 0.2) is 12.3 Å². The number of hydrogen-bond acceptors (Lipinski definition) is 6. The van der Waals surface area contributed by atoms with E-state index in [-0.39, 0.29) is 25.5 Å². The first-order valence-electron chi connectivity index (χ1n) is 5.24. The second-order valence-corrected chi connectivity index (χ2v) is 3.85. The summed E-state index contributed by atoms with van der Waals surface area (Å²) >= 11 is 0. The van der Waals surface area contributed by atoms with Gasteiger partial charge in [0.25, 0.3) is 0 Å². The van der Waals surface area contributed by atoms with Gasteiger partial charge in [-0.05, 0) is 4.92 Å². The zero-order valence-electron chi connectivity index (χ0n) is 9.61. The van der Waals surface area contributed by atoms with Crippen LogP contribution in [0.1, 0.15) is 0 Å². The standard InChI is InChI=1S/C9H9N5O5/c15-7-3-12(4-8(16)10-7)9(17)5-13-2-1-6(11-13)14(18)19/h1-2H,3-5H2,(H,10,15,16). The highest BCUT2D eigenvalue weighted by Crippen LogP contribution is 2.06. The van der Waals surface area contributed by atoms with Crippen molar-refractivity contribution < 1.29 is 19.3 Å². The highest BCUT2D eigenvalue weighted by molar-refractivity contribution is 6.02. The summed E-state index contributed by atoms with van der Waals surface area (Å²) in [6.45, 7) is -0.698. The van der Waals surface area contributed by atoms with Gasteiger partial charge in [0.2, 0.25) is 17.7 Å². The first-order chi connectivity index (χ1) is 8.95. The number of amides is 3. The lowest BCUT2D eigenvalue weighted by Gasteiger charge is -2.24. The summed E-state index contributed by atoms with van der Waals surface area (Å²) in [5.41, 5.74) is 0. The molecule has 1 aliphatic rings. The summed E-state index contributed by atoms with van der Waals surface area (Å²) < 4.78 is 1.08. The van der Waals surface area contributed by atoms with Crippen LogP contribution in [0.2, 0.25) is 0 Å². The van der Waals surface area contributed by atoms with Crippen molar-refractivity contribution in [1.82, 2.24) is 20.0 Å². The van der Waals surface area contributed by atoms with Gasteiger partial charge in [-0.1, -0.05) is 0 Å². The van der Waals surface area contributed by atoms with Gasteiger partial charge in [-0.25, -0.2) is 0 Å². The lowest BCUT2D eigenvalue weighted by molar-refractivity contribution is -0.389. The first kappa shape index (κ1) is 12.7. The van der Waals surface area contributed by atoms with Gasteiger partial charge in [0.05, 0.1) is 17.4 Å². The number of rotatable bonds is 3. The molecule has 0 spiro atoms. The fraction of sp³-hybridized carbons (Fsp3) is 0.333. The molecule has 100 valence electrons. The fourth-order valence-corrected chi connectivity index (χ4v) is 1.59. The lowest BCUT2D eigenvalue weighted by atomic mass is 10.3. The maximum Gasteiger partial charge on any atom is 0.389 e. The Morgan fingerprint density at radius 2 is 2.05 bits per heavy atom. The second kappa shape index (κ2) is 4.84. The van der Waals surface area contributed by atoms with E-state index in [1.54, 1.807) is 0 Å². The lowest BCUT2D eigenvalue weighted by Crippen LogP contribution is -2.54. The van der Waals surface area contributed by atoms with E-state index in [0.717, 1.165) is 15.6 Å². The third kappa shape index (κ3) is 2.91. The summed E-state index contributed by atoms with van der Waals surface area (Å²) in [4.78, 5) is 44.8. The number of nitro groups is 1. The number of imide groups is 1. The number of carbonyl (C=O) groups is 3. The minimum absolute atomic E-state index is 0.214. The molecule has 1 aromatic heterocycles. The summed E-state index contributed by atoms with van der Waals surface area (Å²) in [7, 11) is 0. The van der Waals surface area contributed by atoms with E-state index in [4.69, 9.17) is 0 Å². The topological polar surface area (TPSA) is 127 Å². The molecular formula is C9H9N5O5. The Labute approximate surface area is 106 Å². The molecule has 19 heavy (non-hydrogen) atoms. The van der Waals surface area contributed by atoms with E-state index >= 15 is 0 Å². The van der Waals surface area contributed by atoms with Crippen molar-refractivity contribution >= 4 is 23.5 Å². The van der Waals surface area contributed by atoms with Crippen LogP contribution in [-0.2, 0) is 20.9 Å². The number of nitrogens with zero attached hydrogens (tertiary/aromatic N) is 4. The third-order valence-corrected chi connectivity index (χ3v) is 2.41. The fourth-order valence-electron chi connectivity index (χ4n) is 1.59. The van der Waals surface area contributed by atoms with Crippen LogP contribution in [0.5, 0.6) is 0 Å². The van der Waals surface area contributed by atoms with Crippen LogP contribution >= 0.6 is 0 Å². The molecule has 0 aliphatic carbocycles. The largest absolute Gasteiger partial charge is 0.389 e. The smallest absolute Gasteiger partial charge is 0.358 e. The van der Waals surface area contributed by atoms with Crippen molar-refractivity contribution in [3.63, 3.8) is 0 Å². The van der Waals surface area contributed by atoms with E-state index in [1.165, 1.54) is 6.20 Å². The minimum Gasteiger partial charge on any atom is -0.358 e. The van der Waals surface area contributed by atoms with Crippen molar-refractivity contribution in [3.8, 4) is 0 Å². The minimum atomic E-state index is -0.682. The SMILES string of the molecule is O=C1CN(C(=O)Cn2ccc([N+](=O)[O-])n2)CC(=O)N1. The van der Waals surface area contributed by atoms with Crippen molar-refractivity contribution in [2.45, 2.75) is 6.54 Å². The molecule has 0 radical (unpaired) electrons. The van der Waals surface area contributed by atoms with Gasteiger partial charge in [-0.3, -0.25) is 19.7 Å². The number of piperazine rings is 1. The molecule has 1 fully saturated rings. The van der Waals surface area contributed by atoms with Crippen LogP contribution < -0.4 is 5.32 Å². The zero-order chi connectivity index (χ0) is 14.0. The number of hydrogen-bond donors (Lipinski definition) is 1.